The van der Waals surface area contributed by atoms with Crippen LogP contribution in [0.25, 0.3) is 0 Å². The van der Waals surface area contributed by atoms with Crippen LogP contribution in [0.4, 0.5) is 0 Å². The van der Waals surface area contributed by atoms with E-state index in [0.29, 0.717) is 11.3 Å². The molecule has 1 aliphatic carbocycles. The summed E-state index contributed by atoms with van der Waals surface area (Å²) < 4.78 is 1.91. The molecule has 0 aromatic carbocycles. The molecule has 20 heavy (non-hydrogen) atoms. The van der Waals surface area contributed by atoms with Crippen molar-refractivity contribution in [3.8, 4) is 0 Å². The van der Waals surface area contributed by atoms with Gasteiger partial charge in [-0.25, -0.2) is 0 Å². The van der Waals surface area contributed by atoms with Crippen LogP contribution in [-0.4, -0.2) is 15.8 Å². The highest BCUT2D eigenvalue weighted by molar-refractivity contribution is 6.31. The molecule has 1 aromatic heterocycles. The number of rotatable bonds is 4. The molecule has 0 saturated heterocycles. The molecule has 0 amide bonds. The molecule has 3 nitrogen and oxygen atoms in total. The molecular formula is C16H28ClN3. The molecule has 2 rings (SSSR count). The zero-order valence-corrected chi connectivity index (χ0v) is 14.0. The Morgan fingerprint density at radius 2 is 2.15 bits per heavy atom. The second-order valence-electron chi connectivity index (χ2n) is 6.89. The average Bonchev–Trinajstić information content (AvgIpc) is 2.65. The van der Waals surface area contributed by atoms with Gasteiger partial charge in [0.2, 0.25) is 0 Å². The standard InChI is InChI=1S/C16H28ClN3/c1-5-13-15(17)14(20(4)19-13)10-12(18)11-8-6-7-9-16(11,2)3/h11-12H,5-10,18H2,1-4H3. The van der Waals surface area contributed by atoms with E-state index in [4.69, 9.17) is 17.3 Å². The van der Waals surface area contributed by atoms with Crippen molar-refractivity contribution in [3.05, 3.63) is 16.4 Å². The van der Waals surface area contributed by atoms with Crippen molar-refractivity contribution in [2.24, 2.45) is 24.1 Å². The van der Waals surface area contributed by atoms with Gasteiger partial charge in [-0.05, 0) is 30.6 Å². The normalized spacial score (nSPS) is 23.8. The van der Waals surface area contributed by atoms with Gasteiger partial charge in [0.15, 0.2) is 0 Å². The molecule has 4 heteroatoms. The zero-order chi connectivity index (χ0) is 14.9. The summed E-state index contributed by atoms with van der Waals surface area (Å²) in [6.45, 7) is 6.81. The van der Waals surface area contributed by atoms with Crippen molar-refractivity contribution in [2.75, 3.05) is 0 Å². The Balaban J connectivity index is 2.15. The number of hydrogen-bond donors (Lipinski definition) is 1. The van der Waals surface area contributed by atoms with Crippen LogP contribution < -0.4 is 5.73 Å². The zero-order valence-electron chi connectivity index (χ0n) is 13.2. The molecule has 0 radical (unpaired) electrons. The van der Waals surface area contributed by atoms with Crippen molar-refractivity contribution in [1.29, 1.82) is 0 Å². The van der Waals surface area contributed by atoms with Gasteiger partial charge in [-0.1, -0.05) is 45.2 Å². The molecule has 1 aromatic rings. The van der Waals surface area contributed by atoms with E-state index in [9.17, 15) is 0 Å². The van der Waals surface area contributed by atoms with Crippen LogP contribution in [0, 0.1) is 11.3 Å². The SMILES string of the molecule is CCc1nn(C)c(CC(N)C2CCCCC2(C)C)c1Cl. The first kappa shape index (κ1) is 15.8. The number of aryl methyl sites for hydroxylation is 2. The molecule has 1 saturated carbocycles. The minimum absolute atomic E-state index is 0.169. The second kappa shape index (κ2) is 6.07. The molecule has 2 N–H and O–H groups in total. The minimum atomic E-state index is 0.169. The lowest BCUT2D eigenvalue weighted by Crippen LogP contribution is -2.43. The maximum Gasteiger partial charge on any atom is 0.0850 e. The smallest absolute Gasteiger partial charge is 0.0850 e. The number of aromatic nitrogens is 2. The van der Waals surface area contributed by atoms with E-state index in [2.05, 4.69) is 25.9 Å². The van der Waals surface area contributed by atoms with Crippen LogP contribution in [0.2, 0.25) is 5.02 Å². The van der Waals surface area contributed by atoms with E-state index in [1.807, 2.05) is 11.7 Å². The molecule has 114 valence electrons. The summed E-state index contributed by atoms with van der Waals surface area (Å²) in [6, 6.07) is 0.169. The Labute approximate surface area is 127 Å². The first-order valence-corrected chi connectivity index (χ1v) is 8.20. The number of halogens is 1. The Bertz CT molecular complexity index is 465. The van der Waals surface area contributed by atoms with Crippen LogP contribution >= 0.6 is 11.6 Å². The maximum absolute atomic E-state index is 6.54. The monoisotopic (exact) mass is 297 g/mol. The predicted octanol–water partition coefficient (Wildman–Crippen LogP) is 3.72. The van der Waals surface area contributed by atoms with Gasteiger partial charge in [0, 0.05) is 19.5 Å². The lowest BCUT2D eigenvalue weighted by atomic mass is 9.65. The third kappa shape index (κ3) is 3.04. The lowest BCUT2D eigenvalue weighted by molar-refractivity contribution is 0.112. The molecule has 0 aliphatic heterocycles. The summed E-state index contributed by atoms with van der Waals surface area (Å²) in [5, 5.41) is 5.31. The molecule has 0 bridgehead atoms. The summed E-state index contributed by atoms with van der Waals surface area (Å²) in [4.78, 5) is 0. The maximum atomic E-state index is 6.54. The van der Waals surface area contributed by atoms with Crippen LogP contribution in [0.3, 0.4) is 0 Å². The van der Waals surface area contributed by atoms with E-state index in [-0.39, 0.29) is 6.04 Å². The van der Waals surface area contributed by atoms with Crippen LogP contribution in [-0.2, 0) is 19.9 Å². The Morgan fingerprint density at radius 3 is 2.70 bits per heavy atom. The molecule has 0 spiro atoms. The van der Waals surface area contributed by atoms with Gasteiger partial charge < -0.3 is 5.73 Å². The third-order valence-electron chi connectivity index (χ3n) is 5.04. The van der Waals surface area contributed by atoms with Crippen LogP contribution in [0.15, 0.2) is 0 Å². The van der Waals surface area contributed by atoms with Crippen LogP contribution in [0.5, 0.6) is 0 Å². The van der Waals surface area contributed by atoms with E-state index < -0.39 is 0 Å². The fraction of sp³-hybridized carbons (Fsp3) is 0.812. The molecular weight excluding hydrogens is 270 g/mol. The second-order valence-corrected chi connectivity index (χ2v) is 7.27. The Morgan fingerprint density at radius 1 is 1.45 bits per heavy atom. The third-order valence-corrected chi connectivity index (χ3v) is 5.48. The highest BCUT2D eigenvalue weighted by Crippen LogP contribution is 2.42. The molecule has 2 atom stereocenters. The van der Waals surface area contributed by atoms with E-state index in [0.717, 1.165) is 29.3 Å². The first-order valence-electron chi connectivity index (χ1n) is 7.82. The first-order chi connectivity index (χ1) is 9.36. The highest BCUT2D eigenvalue weighted by atomic mass is 35.5. The van der Waals surface area contributed by atoms with Crippen LogP contribution in [0.1, 0.15) is 57.8 Å². The molecule has 2 unspecified atom stereocenters. The molecule has 1 heterocycles. The highest BCUT2D eigenvalue weighted by Gasteiger charge is 2.36. The van der Waals surface area contributed by atoms with Gasteiger partial charge in [0.05, 0.1) is 16.4 Å². The van der Waals surface area contributed by atoms with Crippen molar-refractivity contribution in [1.82, 2.24) is 9.78 Å². The number of hydrogen-bond acceptors (Lipinski definition) is 2. The predicted molar refractivity (Wildman–Crippen MR) is 85.0 cm³/mol. The van der Waals surface area contributed by atoms with E-state index >= 15 is 0 Å². The van der Waals surface area contributed by atoms with Crippen molar-refractivity contribution < 1.29 is 0 Å². The summed E-state index contributed by atoms with van der Waals surface area (Å²) in [5.41, 5.74) is 8.97. The fourth-order valence-electron chi connectivity index (χ4n) is 3.72. The van der Waals surface area contributed by atoms with Gasteiger partial charge in [0.1, 0.15) is 0 Å². The van der Waals surface area contributed by atoms with Crippen molar-refractivity contribution in [2.45, 2.75) is 65.3 Å². The fourth-order valence-corrected chi connectivity index (χ4v) is 4.09. The Hall–Kier alpha value is -0.540. The topological polar surface area (TPSA) is 43.8 Å². The van der Waals surface area contributed by atoms with Gasteiger partial charge in [-0.3, -0.25) is 4.68 Å². The lowest BCUT2D eigenvalue weighted by Gasteiger charge is -2.42. The number of nitrogens with two attached hydrogens (primary N) is 1. The van der Waals surface area contributed by atoms with Crippen molar-refractivity contribution in [3.63, 3.8) is 0 Å². The summed E-state index contributed by atoms with van der Waals surface area (Å²) in [6.07, 6.45) is 6.87. The Kier molecular flexibility index (Phi) is 4.80. The van der Waals surface area contributed by atoms with E-state index in [1.165, 1.54) is 25.7 Å². The summed E-state index contributed by atoms with van der Waals surface area (Å²) >= 11 is 6.44. The summed E-state index contributed by atoms with van der Waals surface area (Å²) in [7, 11) is 1.97. The van der Waals surface area contributed by atoms with Gasteiger partial charge in [-0.2, -0.15) is 5.10 Å². The molecule has 1 aliphatic rings. The van der Waals surface area contributed by atoms with Crippen molar-refractivity contribution >= 4 is 11.6 Å². The van der Waals surface area contributed by atoms with E-state index in [1.54, 1.807) is 0 Å². The average molecular weight is 298 g/mol. The van der Waals surface area contributed by atoms with Gasteiger partial charge >= 0.3 is 0 Å². The minimum Gasteiger partial charge on any atom is -0.327 e. The largest absolute Gasteiger partial charge is 0.327 e. The summed E-state index contributed by atoms with van der Waals surface area (Å²) in [5.74, 6) is 0.576. The molecule has 1 fully saturated rings. The van der Waals surface area contributed by atoms with Gasteiger partial charge in [-0.15, -0.1) is 0 Å². The number of nitrogens with zero attached hydrogens (tertiary/aromatic N) is 2. The quantitative estimate of drug-likeness (QED) is 0.920. The van der Waals surface area contributed by atoms with Gasteiger partial charge in [0.25, 0.3) is 0 Å².